The van der Waals surface area contributed by atoms with Crippen LogP contribution in [0.15, 0.2) is 48.8 Å². The number of benzene rings is 2. The van der Waals surface area contributed by atoms with Gasteiger partial charge in [-0.25, -0.2) is 4.98 Å². The maximum absolute atomic E-state index is 5.44. The molecule has 0 saturated heterocycles. The van der Waals surface area contributed by atoms with E-state index in [1.165, 1.54) is 6.33 Å². The Bertz CT molecular complexity index is 817. The lowest BCUT2D eigenvalue weighted by Crippen LogP contribution is -2.06. The van der Waals surface area contributed by atoms with E-state index in [0.717, 1.165) is 34.1 Å². The molecule has 0 aliphatic carbocycles. The fourth-order valence-electron chi connectivity index (χ4n) is 2.62. The summed E-state index contributed by atoms with van der Waals surface area (Å²) in [5.74, 6) is 2.35. The molecule has 2 N–H and O–H groups in total. The van der Waals surface area contributed by atoms with E-state index in [4.69, 9.17) is 9.47 Å². The van der Waals surface area contributed by atoms with E-state index >= 15 is 0 Å². The van der Waals surface area contributed by atoms with Gasteiger partial charge in [-0.15, -0.1) is 0 Å². The van der Waals surface area contributed by atoms with Crippen molar-refractivity contribution >= 4 is 5.69 Å². The van der Waals surface area contributed by atoms with E-state index < -0.39 is 0 Å². The summed E-state index contributed by atoms with van der Waals surface area (Å²) in [5.41, 5.74) is 3.15. The van der Waals surface area contributed by atoms with E-state index in [2.05, 4.69) is 27.4 Å². The van der Waals surface area contributed by atoms with Crippen LogP contribution in [-0.4, -0.2) is 22.0 Å². The lowest BCUT2D eigenvalue weighted by atomic mass is 10.1. The third-order valence-electron chi connectivity index (χ3n) is 3.83. The molecule has 2 aromatic carbocycles. The number of nitrogens with one attached hydrogen (secondary N) is 2. The van der Waals surface area contributed by atoms with E-state index in [9.17, 15) is 0 Å². The number of nitrogens with zero attached hydrogens (tertiary/aromatic N) is 2. The van der Waals surface area contributed by atoms with Crippen molar-refractivity contribution in [1.82, 2.24) is 15.2 Å². The number of anilines is 1. The Kier molecular flexibility index (Phi) is 3.34. The van der Waals surface area contributed by atoms with Gasteiger partial charge in [0.25, 0.3) is 0 Å². The summed E-state index contributed by atoms with van der Waals surface area (Å²) in [5, 5.41) is 10.3. The van der Waals surface area contributed by atoms with Gasteiger partial charge in [0.15, 0.2) is 17.3 Å². The average Bonchev–Trinajstić information content (AvgIpc) is 3.26. The topological polar surface area (TPSA) is 72.1 Å². The van der Waals surface area contributed by atoms with Gasteiger partial charge in [-0.1, -0.05) is 18.2 Å². The Morgan fingerprint density at radius 1 is 1.13 bits per heavy atom. The number of aromatic amines is 1. The molecule has 1 aliphatic rings. The monoisotopic (exact) mass is 308 g/mol. The highest BCUT2D eigenvalue weighted by Gasteiger charge is 2.15. The van der Waals surface area contributed by atoms with Crippen LogP contribution in [0.1, 0.15) is 18.5 Å². The van der Waals surface area contributed by atoms with Crippen LogP contribution in [0.25, 0.3) is 11.4 Å². The predicted octanol–water partition coefficient (Wildman–Crippen LogP) is 3.37. The van der Waals surface area contributed by atoms with Crippen LogP contribution in [0.3, 0.4) is 0 Å². The van der Waals surface area contributed by atoms with Gasteiger partial charge in [-0.3, -0.25) is 5.10 Å². The van der Waals surface area contributed by atoms with Gasteiger partial charge in [0.05, 0.1) is 0 Å². The summed E-state index contributed by atoms with van der Waals surface area (Å²) in [6, 6.07) is 14.2. The average molecular weight is 308 g/mol. The molecule has 0 spiro atoms. The minimum Gasteiger partial charge on any atom is -0.454 e. The van der Waals surface area contributed by atoms with Crippen LogP contribution in [0, 0.1) is 0 Å². The first-order valence-corrected chi connectivity index (χ1v) is 7.41. The number of fused-ring (bicyclic) bond motifs is 1. The van der Waals surface area contributed by atoms with Crippen LogP contribution in [-0.2, 0) is 0 Å². The minimum absolute atomic E-state index is 0.134. The Labute approximate surface area is 133 Å². The Morgan fingerprint density at radius 3 is 2.91 bits per heavy atom. The lowest BCUT2D eigenvalue weighted by molar-refractivity contribution is 0.174. The maximum atomic E-state index is 5.44. The van der Waals surface area contributed by atoms with E-state index in [-0.39, 0.29) is 6.04 Å². The van der Waals surface area contributed by atoms with Gasteiger partial charge in [0.2, 0.25) is 6.79 Å². The molecule has 1 aliphatic heterocycles. The van der Waals surface area contributed by atoms with Crippen molar-refractivity contribution in [3.8, 4) is 22.9 Å². The molecule has 6 nitrogen and oxygen atoms in total. The molecule has 4 rings (SSSR count). The van der Waals surface area contributed by atoms with Gasteiger partial charge < -0.3 is 14.8 Å². The third-order valence-corrected chi connectivity index (χ3v) is 3.83. The van der Waals surface area contributed by atoms with Crippen LogP contribution in [0.5, 0.6) is 11.5 Å². The van der Waals surface area contributed by atoms with Crippen LogP contribution in [0.2, 0.25) is 0 Å². The largest absolute Gasteiger partial charge is 0.454 e. The van der Waals surface area contributed by atoms with Gasteiger partial charge in [-0.05, 0) is 36.8 Å². The summed E-state index contributed by atoms with van der Waals surface area (Å²) in [4.78, 5) is 4.18. The summed E-state index contributed by atoms with van der Waals surface area (Å²) in [6.45, 7) is 2.40. The molecule has 0 radical (unpaired) electrons. The zero-order valence-corrected chi connectivity index (χ0v) is 12.6. The molecular weight excluding hydrogens is 292 g/mol. The first-order valence-electron chi connectivity index (χ1n) is 7.41. The van der Waals surface area contributed by atoms with E-state index in [1.807, 2.05) is 42.5 Å². The molecule has 23 heavy (non-hydrogen) atoms. The normalized spacial score (nSPS) is 13.8. The van der Waals surface area contributed by atoms with E-state index in [0.29, 0.717) is 6.79 Å². The smallest absolute Gasteiger partial charge is 0.231 e. The summed E-state index contributed by atoms with van der Waals surface area (Å²) in [6.07, 6.45) is 1.50. The van der Waals surface area contributed by atoms with Crippen LogP contribution in [0.4, 0.5) is 5.69 Å². The molecule has 0 fully saturated rings. The molecule has 6 heteroatoms. The van der Waals surface area contributed by atoms with Crippen LogP contribution < -0.4 is 14.8 Å². The second-order valence-corrected chi connectivity index (χ2v) is 5.39. The van der Waals surface area contributed by atoms with Gasteiger partial charge in [0.1, 0.15) is 6.33 Å². The molecule has 1 aromatic heterocycles. The van der Waals surface area contributed by atoms with Crippen molar-refractivity contribution < 1.29 is 9.47 Å². The molecule has 0 unspecified atom stereocenters. The molecule has 116 valence electrons. The quantitative estimate of drug-likeness (QED) is 0.773. The molecule has 3 aromatic rings. The standard InChI is InChI=1S/C17H16N4O2/c1-11(12-5-6-15-16(8-12)23-10-22-15)20-14-4-2-3-13(7-14)17-18-9-19-21-17/h2-9,11,20H,10H2,1H3,(H,18,19,21)/t11-/m1/s1. The highest BCUT2D eigenvalue weighted by Crippen LogP contribution is 2.35. The van der Waals surface area contributed by atoms with Gasteiger partial charge >= 0.3 is 0 Å². The molecule has 2 heterocycles. The fourth-order valence-corrected chi connectivity index (χ4v) is 2.62. The number of hydrogen-bond donors (Lipinski definition) is 2. The van der Waals surface area contributed by atoms with E-state index in [1.54, 1.807) is 0 Å². The van der Waals surface area contributed by atoms with Crippen molar-refractivity contribution in [1.29, 1.82) is 0 Å². The number of ether oxygens (including phenoxy) is 2. The van der Waals surface area contributed by atoms with Crippen molar-refractivity contribution in [3.63, 3.8) is 0 Å². The third kappa shape index (κ3) is 2.70. The van der Waals surface area contributed by atoms with Crippen molar-refractivity contribution in [2.24, 2.45) is 0 Å². The molecule has 0 saturated carbocycles. The fraction of sp³-hybridized carbons (Fsp3) is 0.176. The Morgan fingerprint density at radius 2 is 2.04 bits per heavy atom. The zero-order valence-electron chi connectivity index (χ0n) is 12.6. The number of rotatable bonds is 4. The SMILES string of the molecule is C[C@@H](Nc1cccc(-c2ncn[nH]2)c1)c1ccc2c(c1)OCO2. The second-order valence-electron chi connectivity index (χ2n) is 5.39. The zero-order chi connectivity index (χ0) is 15.6. The predicted molar refractivity (Wildman–Crippen MR) is 86.4 cm³/mol. The number of hydrogen-bond acceptors (Lipinski definition) is 5. The Hall–Kier alpha value is -3.02. The molecule has 0 amide bonds. The summed E-state index contributed by atoms with van der Waals surface area (Å²) >= 11 is 0. The Balaban J connectivity index is 1.54. The minimum atomic E-state index is 0.134. The molecule has 1 atom stereocenters. The van der Waals surface area contributed by atoms with Crippen molar-refractivity contribution in [2.75, 3.05) is 12.1 Å². The summed E-state index contributed by atoms with van der Waals surface area (Å²) in [7, 11) is 0. The highest BCUT2D eigenvalue weighted by molar-refractivity contribution is 5.62. The molecule has 0 bridgehead atoms. The number of H-pyrrole nitrogens is 1. The highest BCUT2D eigenvalue weighted by atomic mass is 16.7. The summed E-state index contributed by atoms with van der Waals surface area (Å²) < 4.78 is 10.8. The first-order chi connectivity index (χ1) is 11.3. The first kappa shape index (κ1) is 13.6. The second kappa shape index (κ2) is 5.64. The lowest BCUT2D eigenvalue weighted by Gasteiger charge is -2.16. The molecular formula is C17H16N4O2. The van der Waals surface area contributed by atoms with Crippen LogP contribution >= 0.6 is 0 Å². The maximum Gasteiger partial charge on any atom is 0.231 e. The van der Waals surface area contributed by atoms with Crippen molar-refractivity contribution in [2.45, 2.75) is 13.0 Å². The van der Waals surface area contributed by atoms with Gasteiger partial charge in [-0.2, -0.15) is 5.10 Å². The van der Waals surface area contributed by atoms with Gasteiger partial charge in [0, 0.05) is 17.3 Å². The number of aromatic nitrogens is 3. The van der Waals surface area contributed by atoms with Crippen molar-refractivity contribution in [3.05, 3.63) is 54.4 Å².